The molecule has 2 nitrogen and oxygen atoms in total. The minimum Gasteiger partial charge on any atom is -0.383 e. The maximum absolute atomic E-state index is 11.4. The van der Waals surface area contributed by atoms with Crippen LogP contribution in [-0.4, -0.2) is 5.11 Å². The summed E-state index contributed by atoms with van der Waals surface area (Å²) >= 11 is 0. The van der Waals surface area contributed by atoms with Crippen molar-refractivity contribution in [1.29, 1.82) is 5.26 Å². The van der Waals surface area contributed by atoms with E-state index in [0.717, 1.165) is 44.1 Å². The van der Waals surface area contributed by atoms with Crippen LogP contribution in [0.1, 0.15) is 50.2 Å². The van der Waals surface area contributed by atoms with Gasteiger partial charge in [0, 0.05) is 0 Å². The number of hydrogen-bond acceptors (Lipinski definition) is 2. The van der Waals surface area contributed by atoms with Crippen LogP contribution in [0.5, 0.6) is 0 Å². The molecule has 0 bridgehead atoms. The molecular weight excluding hydrogens is 234 g/mol. The fourth-order valence-corrected chi connectivity index (χ4v) is 4.17. The van der Waals surface area contributed by atoms with Crippen molar-refractivity contribution >= 4 is 0 Å². The molecule has 1 fully saturated rings. The summed E-state index contributed by atoms with van der Waals surface area (Å²) in [6, 6.07) is 10.6. The average molecular weight is 255 g/mol. The molecule has 0 saturated heterocycles. The number of rotatable bonds is 1. The summed E-state index contributed by atoms with van der Waals surface area (Å²) in [6.07, 6.45) is 5.44. The van der Waals surface area contributed by atoms with E-state index in [-0.39, 0.29) is 0 Å². The van der Waals surface area contributed by atoms with E-state index in [1.807, 2.05) is 18.2 Å². The average Bonchev–Trinajstić information content (AvgIpc) is 2.83. The second-order valence-corrected chi connectivity index (χ2v) is 6.41. The van der Waals surface area contributed by atoms with Gasteiger partial charge in [-0.05, 0) is 55.6 Å². The fraction of sp³-hybridized carbons (Fsp3) is 0.588. The summed E-state index contributed by atoms with van der Waals surface area (Å²) in [4.78, 5) is 0. The van der Waals surface area contributed by atoms with Gasteiger partial charge in [0.15, 0.2) is 0 Å². The molecule has 1 N–H and O–H groups in total. The van der Waals surface area contributed by atoms with Crippen molar-refractivity contribution in [2.24, 2.45) is 11.3 Å². The highest BCUT2D eigenvalue weighted by molar-refractivity contribution is 5.39. The lowest BCUT2D eigenvalue weighted by molar-refractivity contribution is -0.0743. The molecule has 100 valence electrons. The Morgan fingerprint density at radius 2 is 2.11 bits per heavy atom. The Hall–Kier alpha value is -1.33. The van der Waals surface area contributed by atoms with E-state index >= 15 is 0 Å². The highest BCUT2D eigenvalue weighted by Crippen LogP contribution is 2.56. The van der Waals surface area contributed by atoms with Crippen LogP contribution in [0.2, 0.25) is 0 Å². The van der Waals surface area contributed by atoms with Crippen LogP contribution in [0, 0.1) is 22.7 Å². The zero-order valence-electron chi connectivity index (χ0n) is 11.5. The third-order valence-corrected chi connectivity index (χ3v) is 5.21. The first kappa shape index (κ1) is 12.7. The third kappa shape index (κ3) is 1.72. The fourth-order valence-electron chi connectivity index (χ4n) is 4.17. The molecule has 2 heteroatoms. The van der Waals surface area contributed by atoms with Gasteiger partial charge in [0.2, 0.25) is 0 Å². The summed E-state index contributed by atoms with van der Waals surface area (Å²) in [5, 5.41) is 21.1. The van der Waals surface area contributed by atoms with Gasteiger partial charge in [-0.2, -0.15) is 5.26 Å². The van der Waals surface area contributed by atoms with E-state index in [9.17, 15) is 10.4 Å². The number of nitriles is 1. The van der Waals surface area contributed by atoms with E-state index in [2.05, 4.69) is 19.1 Å². The minimum atomic E-state index is -0.943. The van der Waals surface area contributed by atoms with Crippen molar-refractivity contribution in [2.45, 2.75) is 51.0 Å². The van der Waals surface area contributed by atoms with Gasteiger partial charge in [-0.15, -0.1) is 0 Å². The maximum Gasteiger partial charge on any atom is 0.108 e. The first-order valence-corrected chi connectivity index (χ1v) is 7.33. The number of aryl methyl sites for hydroxylation is 1. The molecular formula is C17H21NO. The lowest BCUT2D eigenvalue weighted by Crippen LogP contribution is -2.46. The Balaban J connectivity index is 2.12. The predicted octanol–water partition coefficient (Wildman–Crippen LogP) is 3.54. The van der Waals surface area contributed by atoms with Crippen LogP contribution in [0.25, 0.3) is 0 Å². The second-order valence-electron chi connectivity index (χ2n) is 6.41. The summed E-state index contributed by atoms with van der Waals surface area (Å²) in [6.45, 7) is 2.19. The predicted molar refractivity (Wildman–Crippen MR) is 74.3 cm³/mol. The molecule has 0 radical (unpaired) electrons. The smallest absolute Gasteiger partial charge is 0.108 e. The van der Waals surface area contributed by atoms with Crippen LogP contribution >= 0.6 is 0 Å². The number of hydrogen-bond donors (Lipinski definition) is 1. The number of benzene rings is 1. The Labute approximate surface area is 115 Å². The molecule has 3 atom stereocenters. The van der Waals surface area contributed by atoms with Gasteiger partial charge in [-0.25, -0.2) is 0 Å². The molecule has 2 aliphatic rings. The topological polar surface area (TPSA) is 44.0 Å². The first-order valence-electron chi connectivity index (χ1n) is 7.33. The molecule has 0 aromatic heterocycles. The monoisotopic (exact) mass is 255 g/mol. The van der Waals surface area contributed by atoms with E-state index in [0.29, 0.717) is 5.92 Å². The number of aliphatic hydroxyl groups is 1. The SMILES string of the molecule is CC1CCC(C#N)(C2(O)CCCc3ccccc32)C1. The lowest BCUT2D eigenvalue weighted by Gasteiger charge is -2.44. The van der Waals surface area contributed by atoms with Gasteiger partial charge < -0.3 is 5.11 Å². The van der Waals surface area contributed by atoms with Gasteiger partial charge in [0.25, 0.3) is 0 Å². The molecule has 0 heterocycles. The van der Waals surface area contributed by atoms with Crippen LogP contribution < -0.4 is 0 Å². The third-order valence-electron chi connectivity index (χ3n) is 5.21. The van der Waals surface area contributed by atoms with E-state index in [1.165, 1.54) is 5.56 Å². The van der Waals surface area contributed by atoms with Crippen molar-refractivity contribution < 1.29 is 5.11 Å². The molecule has 3 rings (SSSR count). The Kier molecular flexibility index (Phi) is 2.91. The number of fused-ring (bicyclic) bond motifs is 1. The minimum absolute atomic E-state index is 0.540. The van der Waals surface area contributed by atoms with Gasteiger partial charge in [0.05, 0.1) is 11.5 Å². The summed E-state index contributed by atoms with van der Waals surface area (Å²) in [7, 11) is 0. The highest BCUT2D eigenvalue weighted by Gasteiger charge is 2.56. The first-order chi connectivity index (χ1) is 9.11. The normalized spacial score (nSPS) is 37.6. The largest absolute Gasteiger partial charge is 0.383 e. The van der Waals surface area contributed by atoms with Gasteiger partial charge in [-0.3, -0.25) is 0 Å². The van der Waals surface area contributed by atoms with Crippen LogP contribution in [0.3, 0.4) is 0 Å². The highest BCUT2D eigenvalue weighted by atomic mass is 16.3. The Morgan fingerprint density at radius 3 is 2.79 bits per heavy atom. The number of nitrogens with zero attached hydrogens (tertiary/aromatic N) is 1. The van der Waals surface area contributed by atoms with Crippen molar-refractivity contribution in [3.8, 4) is 6.07 Å². The van der Waals surface area contributed by atoms with Crippen LogP contribution in [-0.2, 0) is 12.0 Å². The van der Waals surface area contributed by atoms with Crippen LogP contribution in [0.15, 0.2) is 24.3 Å². The molecule has 19 heavy (non-hydrogen) atoms. The molecule has 0 amide bonds. The molecule has 1 saturated carbocycles. The molecule has 0 aliphatic heterocycles. The Bertz CT molecular complexity index is 532. The zero-order chi connectivity index (χ0) is 13.5. The molecule has 1 aromatic carbocycles. The van der Waals surface area contributed by atoms with E-state index in [4.69, 9.17) is 0 Å². The quantitative estimate of drug-likeness (QED) is 0.834. The van der Waals surface area contributed by atoms with Crippen molar-refractivity contribution in [1.82, 2.24) is 0 Å². The molecule has 0 spiro atoms. The second kappa shape index (κ2) is 4.35. The lowest BCUT2D eigenvalue weighted by atomic mass is 9.62. The Morgan fingerprint density at radius 1 is 1.32 bits per heavy atom. The van der Waals surface area contributed by atoms with E-state index < -0.39 is 11.0 Å². The van der Waals surface area contributed by atoms with Gasteiger partial charge in [-0.1, -0.05) is 31.2 Å². The molecule has 1 aromatic rings. The van der Waals surface area contributed by atoms with Crippen LogP contribution in [0.4, 0.5) is 0 Å². The zero-order valence-corrected chi connectivity index (χ0v) is 11.5. The van der Waals surface area contributed by atoms with Crippen molar-refractivity contribution in [3.63, 3.8) is 0 Å². The van der Waals surface area contributed by atoms with Gasteiger partial charge in [0.1, 0.15) is 5.60 Å². The van der Waals surface area contributed by atoms with Crippen molar-refractivity contribution in [3.05, 3.63) is 35.4 Å². The standard InChI is InChI=1S/C17H21NO/c1-13-8-10-16(11-13,12-18)17(19)9-4-6-14-5-2-3-7-15(14)17/h2-3,5,7,13,19H,4,6,8-11H2,1H3. The summed E-state index contributed by atoms with van der Waals surface area (Å²) < 4.78 is 0. The summed E-state index contributed by atoms with van der Waals surface area (Å²) in [5.41, 5.74) is 0.715. The van der Waals surface area contributed by atoms with E-state index in [1.54, 1.807) is 0 Å². The molecule has 2 aliphatic carbocycles. The molecule has 3 unspecified atom stereocenters. The summed E-state index contributed by atoms with van der Waals surface area (Å²) in [5.74, 6) is 0.540. The maximum atomic E-state index is 11.4. The van der Waals surface area contributed by atoms with Gasteiger partial charge >= 0.3 is 0 Å². The van der Waals surface area contributed by atoms with Crippen molar-refractivity contribution in [2.75, 3.05) is 0 Å².